The molecule has 2 nitrogen and oxygen atoms in total. The van der Waals surface area contributed by atoms with Gasteiger partial charge in [-0.3, -0.25) is 0 Å². The fraction of sp³-hybridized carbons (Fsp3) is 1.00. The van der Waals surface area contributed by atoms with Gasteiger partial charge in [-0.25, -0.2) is 0 Å². The van der Waals surface area contributed by atoms with Crippen LogP contribution >= 0.6 is 0 Å². The van der Waals surface area contributed by atoms with Crippen LogP contribution in [0.3, 0.4) is 0 Å². The van der Waals surface area contributed by atoms with Crippen molar-refractivity contribution in [3.05, 3.63) is 0 Å². The highest BCUT2D eigenvalue weighted by molar-refractivity contribution is 4.84. The van der Waals surface area contributed by atoms with E-state index in [4.69, 9.17) is 9.47 Å². The highest BCUT2D eigenvalue weighted by atomic mass is 16.5. The lowest BCUT2D eigenvalue weighted by molar-refractivity contribution is -0.165. The Bertz CT molecular complexity index is 147. The zero-order chi connectivity index (χ0) is 9.30. The third-order valence-electron chi connectivity index (χ3n) is 3.25. The molecule has 1 aliphatic heterocycles. The molecule has 1 aliphatic rings. The Balaban J connectivity index is 2.65. The van der Waals surface area contributed by atoms with Crippen LogP contribution in [-0.2, 0) is 9.47 Å². The Hall–Kier alpha value is -0.0800. The Morgan fingerprint density at radius 3 is 2.00 bits per heavy atom. The van der Waals surface area contributed by atoms with Crippen molar-refractivity contribution in [1.29, 1.82) is 0 Å². The Morgan fingerprint density at radius 2 is 1.50 bits per heavy atom. The monoisotopic (exact) mass is 172 g/mol. The summed E-state index contributed by atoms with van der Waals surface area (Å²) in [4.78, 5) is 0. The lowest BCUT2D eigenvalue weighted by atomic mass is 9.82. The molecule has 2 heteroatoms. The molecule has 72 valence electrons. The molecule has 5 atom stereocenters. The zero-order valence-corrected chi connectivity index (χ0v) is 8.70. The molecule has 0 saturated carbocycles. The van der Waals surface area contributed by atoms with E-state index in [9.17, 15) is 0 Å². The van der Waals surface area contributed by atoms with E-state index in [0.29, 0.717) is 17.9 Å². The van der Waals surface area contributed by atoms with Gasteiger partial charge in [0, 0.05) is 7.11 Å². The van der Waals surface area contributed by atoms with E-state index in [0.717, 1.165) is 0 Å². The molecule has 0 aromatic heterocycles. The minimum atomic E-state index is 0.233. The molecular weight excluding hydrogens is 152 g/mol. The van der Waals surface area contributed by atoms with Gasteiger partial charge in [0.1, 0.15) is 0 Å². The van der Waals surface area contributed by atoms with Crippen LogP contribution in [0.25, 0.3) is 0 Å². The fourth-order valence-electron chi connectivity index (χ4n) is 2.10. The summed E-state index contributed by atoms with van der Waals surface area (Å²) in [5.41, 5.74) is 0. The normalized spacial score (nSPS) is 49.2. The van der Waals surface area contributed by atoms with Crippen molar-refractivity contribution in [3.63, 3.8) is 0 Å². The van der Waals surface area contributed by atoms with Crippen LogP contribution in [0.4, 0.5) is 0 Å². The second-order valence-corrected chi connectivity index (χ2v) is 3.96. The number of rotatable bonds is 1. The summed E-state index contributed by atoms with van der Waals surface area (Å²) in [7, 11) is 1.77. The molecule has 1 rings (SSSR count). The van der Waals surface area contributed by atoms with E-state index in [-0.39, 0.29) is 12.2 Å². The average Bonchev–Trinajstić information content (AvgIpc) is 2.01. The summed E-state index contributed by atoms with van der Waals surface area (Å²) in [5.74, 6) is 1.18. The molecule has 0 N–H and O–H groups in total. The maximum absolute atomic E-state index is 5.75. The second-order valence-electron chi connectivity index (χ2n) is 3.96. The quantitative estimate of drug-likeness (QED) is 0.603. The van der Waals surface area contributed by atoms with Crippen LogP contribution in [0.15, 0.2) is 0 Å². The van der Waals surface area contributed by atoms with E-state index in [2.05, 4.69) is 27.7 Å². The van der Waals surface area contributed by atoms with Gasteiger partial charge < -0.3 is 9.47 Å². The summed E-state index contributed by atoms with van der Waals surface area (Å²) in [5, 5.41) is 0. The van der Waals surface area contributed by atoms with E-state index < -0.39 is 0 Å². The number of hydrogen-bond donors (Lipinski definition) is 0. The summed E-state index contributed by atoms with van der Waals surface area (Å²) in [6.07, 6.45) is 0.855. The highest BCUT2D eigenvalue weighted by Crippen LogP contribution is 2.31. The third kappa shape index (κ3) is 1.64. The van der Waals surface area contributed by atoms with Crippen LogP contribution in [0.1, 0.15) is 27.7 Å². The lowest BCUT2D eigenvalue weighted by Crippen LogP contribution is -2.47. The fourth-order valence-corrected chi connectivity index (χ4v) is 2.10. The first-order chi connectivity index (χ1) is 5.57. The van der Waals surface area contributed by atoms with Gasteiger partial charge >= 0.3 is 0 Å². The standard InChI is InChI=1S/C10H20O2/c1-6-7(2)10(11-5)9(4)12-8(6)3/h6-10H,1-5H3/t6-,7-,8+,9+,10-/m1/s1. The molecule has 0 unspecified atom stereocenters. The van der Waals surface area contributed by atoms with Crippen molar-refractivity contribution < 1.29 is 9.47 Å². The largest absolute Gasteiger partial charge is 0.378 e. The zero-order valence-electron chi connectivity index (χ0n) is 8.70. The molecule has 0 radical (unpaired) electrons. The van der Waals surface area contributed by atoms with Crippen molar-refractivity contribution in [2.24, 2.45) is 11.8 Å². The predicted octanol–water partition coefficient (Wildman–Crippen LogP) is 2.08. The Morgan fingerprint density at radius 1 is 0.917 bits per heavy atom. The molecule has 0 aromatic carbocycles. The highest BCUT2D eigenvalue weighted by Gasteiger charge is 2.37. The van der Waals surface area contributed by atoms with E-state index in [1.807, 2.05) is 0 Å². The van der Waals surface area contributed by atoms with Gasteiger partial charge in [-0.2, -0.15) is 0 Å². The Kier molecular flexibility index (Phi) is 3.13. The van der Waals surface area contributed by atoms with Crippen LogP contribution < -0.4 is 0 Å². The smallest absolute Gasteiger partial charge is 0.0859 e. The van der Waals surface area contributed by atoms with Crippen LogP contribution in [-0.4, -0.2) is 25.4 Å². The Labute approximate surface area is 75.2 Å². The molecule has 0 bridgehead atoms. The summed E-state index contributed by atoms with van der Waals surface area (Å²) < 4.78 is 11.2. The third-order valence-corrected chi connectivity index (χ3v) is 3.25. The molecule has 1 heterocycles. The maximum atomic E-state index is 5.75. The molecular formula is C10H20O2. The number of methoxy groups -OCH3 is 1. The van der Waals surface area contributed by atoms with E-state index in [1.165, 1.54) is 0 Å². The molecule has 0 aliphatic carbocycles. The number of ether oxygens (including phenoxy) is 2. The predicted molar refractivity (Wildman–Crippen MR) is 49.1 cm³/mol. The van der Waals surface area contributed by atoms with Crippen molar-refractivity contribution in [2.75, 3.05) is 7.11 Å². The van der Waals surface area contributed by atoms with Crippen molar-refractivity contribution in [1.82, 2.24) is 0 Å². The minimum absolute atomic E-state index is 0.233. The second kappa shape index (κ2) is 3.75. The van der Waals surface area contributed by atoms with Gasteiger partial charge in [-0.15, -0.1) is 0 Å². The molecule has 0 aromatic rings. The van der Waals surface area contributed by atoms with Gasteiger partial charge in [0.15, 0.2) is 0 Å². The van der Waals surface area contributed by atoms with Crippen LogP contribution in [0, 0.1) is 11.8 Å². The topological polar surface area (TPSA) is 18.5 Å². The number of hydrogen-bond acceptors (Lipinski definition) is 2. The SMILES string of the molecule is CO[C@@H]1[C@H](C)[C@@H](C)[C@H](C)O[C@H]1C. The first-order valence-corrected chi connectivity index (χ1v) is 4.76. The van der Waals surface area contributed by atoms with Gasteiger partial charge in [0.25, 0.3) is 0 Å². The van der Waals surface area contributed by atoms with Gasteiger partial charge in [0.05, 0.1) is 18.3 Å². The van der Waals surface area contributed by atoms with Crippen molar-refractivity contribution in [2.45, 2.75) is 46.0 Å². The lowest BCUT2D eigenvalue weighted by Gasteiger charge is -2.41. The van der Waals surface area contributed by atoms with Gasteiger partial charge in [-0.1, -0.05) is 13.8 Å². The van der Waals surface area contributed by atoms with Crippen LogP contribution in [0.5, 0.6) is 0 Å². The van der Waals surface area contributed by atoms with Crippen LogP contribution in [0.2, 0.25) is 0 Å². The molecule has 1 fully saturated rings. The summed E-state index contributed by atoms with van der Waals surface area (Å²) in [6, 6.07) is 0. The first-order valence-electron chi connectivity index (χ1n) is 4.76. The molecule has 1 saturated heterocycles. The first kappa shape index (κ1) is 10.0. The van der Waals surface area contributed by atoms with Gasteiger partial charge in [-0.05, 0) is 25.7 Å². The summed E-state index contributed by atoms with van der Waals surface area (Å²) >= 11 is 0. The minimum Gasteiger partial charge on any atom is -0.378 e. The van der Waals surface area contributed by atoms with Gasteiger partial charge in [0.2, 0.25) is 0 Å². The van der Waals surface area contributed by atoms with Crippen molar-refractivity contribution in [3.8, 4) is 0 Å². The molecule has 0 amide bonds. The molecule has 12 heavy (non-hydrogen) atoms. The van der Waals surface area contributed by atoms with E-state index >= 15 is 0 Å². The average molecular weight is 172 g/mol. The van der Waals surface area contributed by atoms with Crippen molar-refractivity contribution >= 4 is 0 Å². The van der Waals surface area contributed by atoms with E-state index in [1.54, 1.807) is 7.11 Å². The maximum Gasteiger partial charge on any atom is 0.0859 e. The molecule has 0 spiro atoms. The summed E-state index contributed by atoms with van der Waals surface area (Å²) in [6.45, 7) is 8.71.